The molecule has 2 rings (SSSR count). The van der Waals surface area contributed by atoms with Gasteiger partial charge >= 0.3 is 0 Å². The number of nitrogens with zero attached hydrogens (tertiary/aromatic N) is 2. The molecule has 3 N–H and O–H groups in total. The number of fused-ring (bicyclic) bond motifs is 1. The zero-order chi connectivity index (χ0) is 12.4. The Morgan fingerprint density at radius 2 is 2.24 bits per heavy atom. The van der Waals surface area contributed by atoms with Gasteiger partial charge in [0.2, 0.25) is 0 Å². The van der Waals surface area contributed by atoms with Crippen LogP contribution in [0.15, 0.2) is 24.3 Å². The predicted octanol–water partition coefficient (Wildman–Crippen LogP) is -0.133. The molecule has 1 aromatic heterocycles. The van der Waals surface area contributed by atoms with Crippen molar-refractivity contribution in [2.45, 2.75) is 6.04 Å². The van der Waals surface area contributed by atoms with Crippen molar-refractivity contribution in [1.29, 1.82) is 0 Å². The number of aliphatic hydroxyl groups excluding tert-OH is 1. The zero-order valence-electron chi connectivity index (χ0n) is 8.91. The van der Waals surface area contributed by atoms with Gasteiger partial charge in [-0.05, 0) is 6.07 Å². The number of carbonyl (C=O) groups is 2. The lowest BCUT2D eigenvalue weighted by Crippen LogP contribution is -2.18. The van der Waals surface area contributed by atoms with E-state index in [9.17, 15) is 9.59 Å². The first-order valence-corrected chi connectivity index (χ1v) is 5.02. The van der Waals surface area contributed by atoms with Crippen LogP contribution in [0.5, 0.6) is 0 Å². The number of benzene rings is 1. The fourth-order valence-electron chi connectivity index (χ4n) is 1.70. The average molecular weight is 233 g/mol. The molecule has 1 atom stereocenters. The lowest BCUT2D eigenvalue weighted by molar-refractivity contribution is -0.111. The zero-order valence-corrected chi connectivity index (χ0v) is 8.91. The number of nitrogens with two attached hydrogens (primary N) is 1. The summed E-state index contributed by atoms with van der Waals surface area (Å²) in [4.78, 5) is 22.0. The van der Waals surface area contributed by atoms with Crippen LogP contribution in [-0.2, 0) is 4.79 Å². The highest BCUT2D eigenvalue weighted by Crippen LogP contribution is 2.20. The number of hydrogen-bond acceptors (Lipinski definition) is 4. The molecule has 1 aromatic carbocycles. The summed E-state index contributed by atoms with van der Waals surface area (Å²) in [6.45, 7) is -0.382. The van der Waals surface area contributed by atoms with Gasteiger partial charge in [-0.15, -0.1) is 0 Å². The van der Waals surface area contributed by atoms with E-state index in [-0.39, 0.29) is 12.3 Å². The van der Waals surface area contributed by atoms with Gasteiger partial charge in [-0.1, -0.05) is 18.2 Å². The quantitative estimate of drug-likeness (QED) is 0.718. The van der Waals surface area contributed by atoms with Crippen molar-refractivity contribution in [3.05, 3.63) is 30.0 Å². The molecule has 0 bridgehead atoms. The number of rotatable bonds is 4. The molecule has 0 fully saturated rings. The van der Waals surface area contributed by atoms with Crippen LogP contribution in [0.25, 0.3) is 10.9 Å². The third kappa shape index (κ3) is 1.78. The summed E-state index contributed by atoms with van der Waals surface area (Å²) in [7, 11) is 0. The van der Waals surface area contributed by atoms with Gasteiger partial charge in [-0.3, -0.25) is 9.48 Å². The second-order valence-corrected chi connectivity index (χ2v) is 3.56. The molecule has 0 aliphatic heterocycles. The Balaban J connectivity index is 2.72. The fourth-order valence-corrected chi connectivity index (χ4v) is 1.70. The summed E-state index contributed by atoms with van der Waals surface area (Å²) in [5, 5.41) is 13.6. The summed E-state index contributed by atoms with van der Waals surface area (Å²) in [6.07, 6.45) is 0.574. The maximum Gasteiger partial charge on any atom is 0.269 e. The first-order chi connectivity index (χ1) is 8.19. The number of carbonyl (C=O) groups excluding carboxylic acids is 2. The number of aliphatic hydroxyl groups is 1. The monoisotopic (exact) mass is 233 g/mol. The Morgan fingerprint density at radius 3 is 2.82 bits per heavy atom. The number of aldehydes is 1. The summed E-state index contributed by atoms with van der Waals surface area (Å²) in [5.41, 5.74) is 5.90. The summed E-state index contributed by atoms with van der Waals surface area (Å²) in [6, 6.07) is 6.09. The van der Waals surface area contributed by atoms with Crippen molar-refractivity contribution in [3.63, 3.8) is 0 Å². The smallest absolute Gasteiger partial charge is 0.269 e. The molecule has 1 amide bonds. The standard InChI is InChI=1S/C11H11N3O3/c12-11(17)10-8-3-1-2-4-9(8)14(13-10)7(5-15)6-16/h1-5,7,16H,6H2,(H2,12,17). The molecule has 0 radical (unpaired) electrons. The molecular weight excluding hydrogens is 222 g/mol. The summed E-state index contributed by atoms with van der Waals surface area (Å²) in [5.74, 6) is -0.664. The van der Waals surface area contributed by atoms with E-state index in [4.69, 9.17) is 10.8 Å². The molecule has 1 unspecified atom stereocenters. The topological polar surface area (TPSA) is 98.2 Å². The molecule has 0 saturated carbocycles. The van der Waals surface area contributed by atoms with Gasteiger partial charge in [0, 0.05) is 5.39 Å². The second kappa shape index (κ2) is 4.34. The normalized spacial score (nSPS) is 12.5. The van der Waals surface area contributed by atoms with E-state index >= 15 is 0 Å². The molecule has 2 aromatic rings. The van der Waals surface area contributed by atoms with Crippen LogP contribution in [0.2, 0.25) is 0 Å². The van der Waals surface area contributed by atoms with Gasteiger partial charge in [0.1, 0.15) is 12.3 Å². The number of aromatic nitrogens is 2. The first-order valence-electron chi connectivity index (χ1n) is 5.02. The predicted molar refractivity (Wildman–Crippen MR) is 60.4 cm³/mol. The van der Waals surface area contributed by atoms with E-state index in [0.29, 0.717) is 17.2 Å². The highest BCUT2D eigenvalue weighted by Gasteiger charge is 2.18. The maximum atomic E-state index is 11.2. The van der Waals surface area contributed by atoms with Crippen LogP contribution in [0.3, 0.4) is 0 Å². The number of para-hydroxylation sites is 1. The molecule has 17 heavy (non-hydrogen) atoms. The van der Waals surface area contributed by atoms with Crippen molar-refractivity contribution in [2.75, 3.05) is 6.61 Å². The van der Waals surface area contributed by atoms with E-state index < -0.39 is 11.9 Å². The molecule has 0 saturated heterocycles. The van der Waals surface area contributed by atoms with Crippen LogP contribution in [-0.4, -0.2) is 33.7 Å². The second-order valence-electron chi connectivity index (χ2n) is 3.56. The third-order valence-electron chi connectivity index (χ3n) is 2.51. The van der Waals surface area contributed by atoms with Gasteiger partial charge in [0.05, 0.1) is 12.1 Å². The SMILES string of the molecule is NC(=O)c1nn(C(C=O)CO)c2ccccc12. The number of amides is 1. The molecule has 1 heterocycles. The molecule has 0 aliphatic rings. The van der Waals surface area contributed by atoms with Crippen LogP contribution in [0.1, 0.15) is 16.5 Å². The summed E-state index contributed by atoms with van der Waals surface area (Å²) < 4.78 is 1.31. The first kappa shape index (κ1) is 11.3. The Hall–Kier alpha value is -2.21. The third-order valence-corrected chi connectivity index (χ3v) is 2.51. The van der Waals surface area contributed by atoms with E-state index in [1.165, 1.54) is 4.68 Å². The van der Waals surface area contributed by atoms with Gasteiger partial charge in [0.25, 0.3) is 5.91 Å². The van der Waals surface area contributed by atoms with Crippen LogP contribution in [0, 0.1) is 0 Å². The average Bonchev–Trinajstić information content (AvgIpc) is 2.71. The van der Waals surface area contributed by atoms with Gasteiger partial charge in [0.15, 0.2) is 5.69 Å². The van der Waals surface area contributed by atoms with E-state index in [1.54, 1.807) is 24.3 Å². The van der Waals surface area contributed by atoms with Crippen molar-refractivity contribution in [1.82, 2.24) is 9.78 Å². The van der Waals surface area contributed by atoms with Crippen molar-refractivity contribution < 1.29 is 14.7 Å². The van der Waals surface area contributed by atoms with E-state index in [2.05, 4.69) is 5.10 Å². The molecular formula is C11H11N3O3. The Morgan fingerprint density at radius 1 is 1.53 bits per heavy atom. The van der Waals surface area contributed by atoms with E-state index in [0.717, 1.165) is 0 Å². The number of primary amides is 1. The van der Waals surface area contributed by atoms with Crippen molar-refractivity contribution in [3.8, 4) is 0 Å². The van der Waals surface area contributed by atoms with Crippen molar-refractivity contribution in [2.24, 2.45) is 5.73 Å². The van der Waals surface area contributed by atoms with E-state index in [1.807, 2.05) is 0 Å². The molecule has 0 aliphatic carbocycles. The van der Waals surface area contributed by atoms with Gasteiger partial charge in [-0.25, -0.2) is 0 Å². The molecule has 0 spiro atoms. The minimum atomic E-state index is -0.812. The van der Waals surface area contributed by atoms with Crippen LogP contribution >= 0.6 is 0 Å². The van der Waals surface area contributed by atoms with Gasteiger partial charge in [-0.2, -0.15) is 5.10 Å². The summed E-state index contributed by atoms with van der Waals surface area (Å²) >= 11 is 0. The Bertz CT molecular complexity index is 576. The van der Waals surface area contributed by atoms with Crippen molar-refractivity contribution >= 4 is 23.1 Å². The van der Waals surface area contributed by atoms with Crippen LogP contribution < -0.4 is 5.73 Å². The molecule has 6 heteroatoms. The van der Waals surface area contributed by atoms with Crippen LogP contribution in [0.4, 0.5) is 0 Å². The Labute approximate surface area is 96.6 Å². The lowest BCUT2D eigenvalue weighted by atomic mass is 10.2. The maximum absolute atomic E-state index is 11.2. The lowest BCUT2D eigenvalue weighted by Gasteiger charge is -2.08. The van der Waals surface area contributed by atoms with Gasteiger partial charge < -0.3 is 15.6 Å². The minimum Gasteiger partial charge on any atom is -0.394 e. The number of hydrogen-bond donors (Lipinski definition) is 2. The highest BCUT2D eigenvalue weighted by molar-refractivity contribution is 6.04. The minimum absolute atomic E-state index is 0.0981. The Kier molecular flexibility index (Phi) is 2.88. The molecule has 6 nitrogen and oxygen atoms in total. The highest BCUT2D eigenvalue weighted by atomic mass is 16.3. The molecule has 88 valence electrons. The fraction of sp³-hybridized carbons (Fsp3) is 0.182. The largest absolute Gasteiger partial charge is 0.394 e.